The summed E-state index contributed by atoms with van der Waals surface area (Å²) in [7, 11) is 1.79. The number of nitrogens with zero attached hydrogens (tertiary/aromatic N) is 3. The maximum absolute atomic E-state index is 12.3. The van der Waals surface area contributed by atoms with Crippen LogP contribution in [-0.2, 0) is 7.05 Å². The molecule has 0 aliphatic heterocycles. The van der Waals surface area contributed by atoms with Crippen LogP contribution >= 0.6 is 0 Å². The zero-order chi connectivity index (χ0) is 12.7. The molecule has 0 unspecified atom stereocenters. The Morgan fingerprint density at radius 1 is 1.39 bits per heavy atom. The maximum atomic E-state index is 12.3. The van der Waals surface area contributed by atoms with Crippen molar-refractivity contribution in [2.24, 2.45) is 7.05 Å². The van der Waals surface area contributed by atoms with E-state index >= 15 is 0 Å². The first kappa shape index (κ1) is 10.7. The number of fused-ring (bicyclic) bond motifs is 1. The first-order valence-corrected chi connectivity index (χ1v) is 5.53. The summed E-state index contributed by atoms with van der Waals surface area (Å²) in [5.74, 6) is 0.521. The smallest absolute Gasteiger partial charge is 0.211 e. The molecule has 18 heavy (non-hydrogen) atoms. The minimum Gasteiger partial charge on any atom is -0.441 e. The quantitative estimate of drug-likeness (QED) is 0.644. The predicted molar refractivity (Wildman–Crippen MR) is 65.4 cm³/mol. The zero-order valence-corrected chi connectivity index (χ0v) is 10.0. The van der Waals surface area contributed by atoms with E-state index in [0.717, 1.165) is 0 Å². The lowest BCUT2D eigenvalue weighted by molar-refractivity contribution is 0.103. The third-order valence-corrected chi connectivity index (χ3v) is 2.81. The van der Waals surface area contributed by atoms with Crippen molar-refractivity contribution in [1.29, 1.82) is 0 Å². The lowest BCUT2D eigenvalue weighted by Gasteiger charge is -2.01. The zero-order valence-electron chi connectivity index (χ0n) is 10.0. The molecule has 0 radical (unpaired) electrons. The Kier molecular flexibility index (Phi) is 2.26. The molecule has 0 spiro atoms. The Hall–Kier alpha value is -2.43. The lowest BCUT2D eigenvalue weighted by atomic mass is 10.1. The van der Waals surface area contributed by atoms with E-state index in [0.29, 0.717) is 28.2 Å². The summed E-state index contributed by atoms with van der Waals surface area (Å²) in [6.07, 6.45) is 3.16. The number of ketones is 1. The highest BCUT2D eigenvalue weighted by Crippen LogP contribution is 2.18. The summed E-state index contributed by atoms with van der Waals surface area (Å²) in [5, 5.41) is 0. The van der Waals surface area contributed by atoms with E-state index in [-0.39, 0.29) is 5.78 Å². The highest BCUT2D eigenvalue weighted by molar-refractivity contribution is 6.09. The van der Waals surface area contributed by atoms with E-state index in [9.17, 15) is 4.79 Å². The van der Waals surface area contributed by atoms with Gasteiger partial charge in [0.2, 0.25) is 5.78 Å². The number of carbonyl (C=O) groups excluding carboxylic acids is 1. The molecule has 2 heterocycles. The molecule has 90 valence electrons. The maximum Gasteiger partial charge on any atom is 0.211 e. The summed E-state index contributed by atoms with van der Waals surface area (Å²) < 4.78 is 7.07. The van der Waals surface area contributed by atoms with Crippen molar-refractivity contribution in [3.63, 3.8) is 0 Å². The van der Waals surface area contributed by atoms with Crippen molar-refractivity contribution >= 4 is 16.9 Å². The van der Waals surface area contributed by atoms with E-state index in [2.05, 4.69) is 9.97 Å². The Bertz CT molecular complexity index is 740. The molecule has 2 aromatic heterocycles. The number of rotatable bonds is 2. The van der Waals surface area contributed by atoms with Gasteiger partial charge in [-0.2, -0.15) is 0 Å². The molecule has 0 saturated carbocycles. The van der Waals surface area contributed by atoms with Crippen LogP contribution in [0.25, 0.3) is 11.1 Å². The van der Waals surface area contributed by atoms with Gasteiger partial charge in [0.05, 0.1) is 12.5 Å². The van der Waals surface area contributed by atoms with Crippen LogP contribution in [0.15, 0.2) is 35.1 Å². The van der Waals surface area contributed by atoms with Crippen molar-refractivity contribution in [3.05, 3.63) is 47.9 Å². The van der Waals surface area contributed by atoms with Gasteiger partial charge in [0.1, 0.15) is 11.2 Å². The van der Waals surface area contributed by atoms with Gasteiger partial charge in [0.25, 0.3) is 0 Å². The molecular weight excluding hydrogens is 230 g/mol. The van der Waals surface area contributed by atoms with Crippen LogP contribution < -0.4 is 0 Å². The number of hydrogen-bond donors (Lipinski definition) is 0. The van der Waals surface area contributed by atoms with Crippen molar-refractivity contribution in [1.82, 2.24) is 14.5 Å². The number of aryl methyl sites for hydroxylation is 2. The first-order chi connectivity index (χ1) is 8.65. The predicted octanol–water partition coefficient (Wildman–Crippen LogP) is 2.10. The lowest BCUT2D eigenvalue weighted by Crippen LogP contribution is -2.06. The van der Waals surface area contributed by atoms with Crippen molar-refractivity contribution < 1.29 is 9.21 Å². The summed E-state index contributed by atoms with van der Waals surface area (Å²) >= 11 is 0. The topological polar surface area (TPSA) is 60.9 Å². The monoisotopic (exact) mass is 241 g/mol. The third kappa shape index (κ3) is 1.60. The van der Waals surface area contributed by atoms with Crippen LogP contribution in [0.5, 0.6) is 0 Å². The van der Waals surface area contributed by atoms with Gasteiger partial charge in [-0.1, -0.05) is 0 Å². The first-order valence-electron chi connectivity index (χ1n) is 5.53. The fraction of sp³-hybridized carbons (Fsp3) is 0.154. The van der Waals surface area contributed by atoms with Crippen LogP contribution in [0.1, 0.15) is 21.9 Å². The van der Waals surface area contributed by atoms with Crippen LogP contribution in [0.2, 0.25) is 0 Å². The largest absolute Gasteiger partial charge is 0.441 e. The van der Waals surface area contributed by atoms with E-state index in [4.69, 9.17) is 4.42 Å². The molecule has 0 amide bonds. The van der Waals surface area contributed by atoms with Gasteiger partial charge in [-0.15, -0.1) is 0 Å². The highest BCUT2D eigenvalue weighted by Gasteiger charge is 2.14. The van der Waals surface area contributed by atoms with E-state index in [1.54, 1.807) is 49.3 Å². The Labute approximate surface area is 103 Å². The summed E-state index contributed by atoms with van der Waals surface area (Å²) in [5.41, 5.74) is 2.52. The van der Waals surface area contributed by atoms with Crippen LogP contribution in [0, 0.1) is 6.92 Å². The standard InChI is InChI=1S/C13H11N3O2/c1-8-15-10-5-9(3-4-12(10)18-8)13(17)11-6-14-7-16(11)2/h3-7H,1-2H3. The van der Waals surface area contributed by atoms with Gasteiger partial charge in [-0.25, -0.2) is 9.97 Å². The normalized spacial score (nSPS) is 11.0. The average molecular weight is 241 g/mol. The minimum atomic E-state index is -0.0717. The fourth-order valence-corrected chi connectivity index (χ4v) is 1.91. The molecule has 3 aromatic rings. The summed E-state index contributed by atoms with van der Waals surface area (Å²) in [6, 6.07) is 5.24. The average Bonchev–Trinajstić information content (AvgIpc) is 2.91. The summed E-state index contributed by atoms with van der Waals surface area (Å²) in [6.45, 7) is 1.78. The molecule has 0 N–H and O–H groups in total. The van der Waals surface area contributed by atoms with Crippen molar-refractivity contribution in [3.8, 4) is 0 Å². The number of oxazole rings is 1. The molecule has 0 aliphatic rings. The molecule has 0 saturated heterocycles. The third-order valence-electron chi connectivity index (χ3n) is 2.81. The SMILES string of the molecule is Cc1nc2cc(C(=O)c3cncn3C)ccc2o1. The molecule has 5 heteroatoms. The van der Waals surface area contributed by atoms with Gasteiger partial charge in [-0.05, 0) is 18.2 Å². The number of benzene rings is 1. The molecule has 0 bridgehead atoms. The second-order valence-electron chi connectivity index (χ2n) is 4.13. The molecular formula is C13H11N3O2. The Morgan fingerprint density at radius 2 is 2.22 bits per heavy atom. The Morgan fingerprint density at radius 3 is 2.94 bits per heavy atom. The van der Waals surface area contributed by atoms with Crippen LogP contribution in [-0.4, -0.2) is 20.3 Å². The van der Waals surface area contributed by atoms with Crippen molar-refractivity contribution in [2.75, 3.05) is 0 Å². The second-order valence-corrected chi connectivity index (χ2v) is 4.13. The van der Waals surface area contributed by atoms with E-state index in [1.807, 2.05) is 0 Å². The van der Waals surface area contributed by atoms with E-state index in [1.165, 1.54) is 0 Å². The number of aromatic nitrogens is 3. The van der Waals surface area contributed by atoms with Gasteiger partial charge in [0.15, 0.2) is 11.5 Å². The second kappa shape index (κ2) is 3.80. The van der Waals surface area contributed by atoms with Crippen LogP contribution in [0.4, 0.5) is 0 Å². The molecule has 1 aromatic carbocycles. The minimum absolute atomic E-state index is 0.0717. The highest BCUT2D eigenvalue weighted by atomic mass is 16.3. The number of imidazole rings is 1. The van der Waals surface area contributed by atoms with Crippen molar-refractivity contribution in [2.45, 2.75) is 6.92 Å². The molecule has 5 nitrogen and oxygen atoms in total. The molecule has 0 fully saturated rings. The van der Waals surface area contributed by atoms with E-state index < -0.39 is 0 Å². The van der Waals surface area contributed by atoms with Gasteiger partial charge >= 0.3 is 0 Å². The molecule has 3 rings (SSSR count). The molecule has 0 atom stereocenters. The Balaban J connectivity index is 2.09. The molecule has 0 aliphatic carbocycles. The number of carbonyl (C=O) groups is 1. The van der Waals surface area contributed by atoms with Gasteiger partial charge < -0.3 is 8.98 Å². The van der Waals surface area contributed by atoms with Gasteiger partial charge in [0, 0.05) is 19.5 Å². The number of hydrogen-bond acceptors (Lipinski definition) is 4. The van der Waals surface area contributed by atoms with Gasteiger partial charge in [-0.3, -0.25) is 4.79 Å². The summed E-state index contributed by atoms with van der Waals surface area (Å²) in [4.78, 5) is 20.4. The fourth-order valence-electron chi connectivity index (χ4n) is 1.91. The van der Waals surface area contributed by atoms with Crippen LogP contribution in [0.3, 0.4) is 0 Å².